The molecule has 0 spiro atoms. The van der Waals surface area contributed by atoms with Crippen molar-refractivity contribution in [3.63, 3.8) is 0 Å². The molecule has 1 aromatic carbocycles. The van der Waals surface area contributed by atoms with Gasteiger partial charge in [-0.15, -0.1) is 0 Å². The summed E-state index contributed by atoms with van der Waals surface area (Å²) in [5.41, 5.74) is 8.13. The van der Waals surface area contributed by atoms with Crippen molar-refractivity contribution in [1.82, 2.24) is 25.1 Å². The Bertz CT molecular complexity index is 1110. The van der Waals surface area contributed by atoms with Crippen LogP contribution in [0, 0.1) is 18.7 Å². The number of nitrogens with one attached hydrogen (secondary N) is 2. The minimum absolute atomic E-state index is 0.316. The van der Waals surface area contributed by atoms with Gasteiger partial charge < -0.3 is 19.9 Å². The number of fused-ring (bicyclic) bond motifs is 3. The highest BCUT2D eigenvalue weighted by atomic mass is 19.1. The van der Waals surface area contributed by atoms with Gasteiger partial charge in [0.05, 0.1) is 11.7 Å². The first-order valence-electron chi connectivity index (χ1n) is 13.7. The highest BCUT2D eigenvalue weighted by Gasteiger charge is 2.42. The predicted molar refractivity (Wildman–Crippen MR) is 140 cm³/mol. The summed E-state index contributed by atoms with van der Waals surface area (Å²) in [4.78, 5) is 20.1. The molecular weight excluding hydrogens is 471 g/mol. The number of hydrogen-bond donors (Lipinski definition) is 3. The number of nitrogens with zero attached hydrogens (tertiary/aromatic N) is 3. The molecule has 3 aliphatic rings. The molecule has 4 N–H and O–H groups in total. The molecule has 2 aromatic rings. The van der Waals surface area contributed by atoms with Gasteiger partial charge in [0, 0.05) is 50.4 Å². The molecule has 5 rings (SSSR count). The fourth-order valence-electron chi connectivity index (χ4n) is 6.66. The number of imidazole rings is 1. The number of aromatic nitrogens is 2. The summed E-state index contributed by atoms with van der Waals surface area (Å²) in [5.74, 6) is 1.38. The van der Waals surface area contributed by atoms with Gasteiger partial charge in [-0.2, -0.15) is 0 Å². The van der Waals surface area contributed by atoms with E-state index in [0.29, 0.717) is 24.4 Å². The molecule has 4 heterocycles. The van der Waals surface area contributed by atoms with Gasteiger partial charge in [0.15, 0.2) is 5.72 Å². The molecular formula is C28H41FN6O2. The van der Waals surface area contributed by atoms with E-state index in [0.717, 1.165) is 44.0 Å². The number of rotatable bonds is 8. The lowest BCUT2D eigenvalue weighted by molar-refractivity contribution is 0.0399. The second-order valence-corrected chi connectivity index (χ2v) is 11.5. The third-order valence-corrected chi connectivity index (χ3v) is 8.27. The Kier molecular flexibility index (Phi) is 7.56. The van der Waals surface area contributed by atoms with E-state index in [2.05, 4.69) is 27.0 Å². The molecule has 2 fully saturated rings. The molecule has 37 heavy (non-hydrogen) atoms. The summed E-state index contributed by atoms with van der Waals surface area (Å²) in [5, 5.41) is 6.38. The fraction of sp³-hybridized carbons (Fsp3) is 0.643. The van der Waals surface area contributed by atoms with Crippen molar-refractivity contribution in [1.29, 1.82) is 0 Å². The summed E-state index contributed by atoms with van der Waals surface area (Å²) in [6.07, 6.45) is 5.98. The SMILES string of the molecule is Cc1nc2c(n1CC1CCC3CCC1N3CC[C@H](NC(=O)OC(C)(C)N)c1cccc(F)c1)CCNC2. The molecule has 3 aliphatic heterocycles. The van der Waals surface area contributed by atoms with E-state index < -0.39 is 11.8 Å². The second kappa shape index (κ2) is 10.7. The smallest absolute Gasteiger partial charge is 0.409 e. The number of carbonyl (C=O) groups is 1. The van der Waals surface area contributed by atoms with Crippen LogP contribution in [0.2, 0.25) is 0 Å². The lowest BCUT2D eigenvalue weighted by Crippen LogP contribution is -2.47. The van der Waals surface area contributed by atoms with Crippen molar-refractivity contribution in [3.05, 3.63) is 52.9 Å². The molecule has 2 bridgehead atoms. The van der Waals surface area contributed by atoms with Crippen LogP contribution in [0.25, 0.3) is 0 Å². The summed E-state index contributed by atoms with van der Waals surface area (Å²) in [6.45, 7) is 9.13. The first-order chi connectivity index (χ1) is 17.7. The normalized spacial score (nSPS) is 24.5. The zero-order valence-corrected chi connectivity index (χ0v) is 22.3. The number of alkyl carbamates (subject to hydrolysis) is 1. The minimum Gasteiger partial charge on any atom is -0.429 e. The maximum absolute atomic E-state index is 14.1. The topological polar surface area (TPSA) is 97.4 Å². The largest absolute Gasteiger partial charge is 0.429 e. The Balaban J connectivity index is 1.29. The summed E-state index contributed by atoms with van der Waals surface area (Å²) < 4.78 is 21.8. The highest BCUT2D eigenvalue weighted by molar-refractivity contribution is 5.68. The van der Waals surface area contributed by atoms with E-state index in [1.165, 1.54) is 49.2 Å². The number of aryl methyl sites for hydroxylation is 1. The van der Waals surface area contributed by atoms with Crippen LogP contribution in [-0.2, 0) is 24.2 Å². The van der Waals surface area contributed by atoms with Gasteiger partial charge >= 0.3 is 6.09 Å². The molecule has 0 radical (unpaired) electrons. The van der Waals surface area contributed by atoms with Crippen molar-refractivity contribution >= 4 is 6.09 Å². The molecule has 0 saturated carbocycles. The third kappa shape index (κ3) is 5.99. The second-order valence-electron chi connectivity index (χ2n) is 11.5. The lowest BCUT2D eigenvalue weighted by Gasteiger charge is -2.41. The van der Waals surface area contributed by atoms with E-state index in [-0.39, 0.29) is 11.9 Å². The molecule has 2 saturated heterocycles. The average molecular weight is 513 g/mol. The molecule has 3 unspecified atom stereocenters. The number of benzene rings is 1. The Morgan fingerprint density at radius 1 is 1.32 bits per heavy atom. The van der Waals surface area contributed by atoms with Gasteiger partial charge in [0.2, 0.25) is 0 Å². The van der Waals surface area contributed by atoms with E-state index in [1.807, 2.05) is 6.07 Å². The first-order valence-corrected chi connectivity index (χ1v) is 13.7. The average Bonchev–Trinajstić information content (AvgIpc) is 3.30. The Morgan fingerprint density at radius 2 is 2.14 bits per heavy atom. The summed E-state index contributed by atoms with van der Waals surface area (Å²) in [7, 11) is 0. The standard InChI is InChI=1S/C28H41FN6O2/c1-18-32-24-16-31-13-11-26(24)35(18)17-20-7-8-22-9-10-25(20)34(22)14-12-23(19-5-4-6-21(29)15-19)33-27(36)37-28(2,3)30/h4-6,15,20,22-23,25,31H,7-14,16-17,30H2,1-3H3,(H,33,36)/t20?,22?,23-,25?/m0/s1. The maximum Gasteiger partial charge on any atom is 0.409 e. The van der Waals surface area contributed by atoms with Crippen LogP contribution in [0.1, 0.15) is 74.8 Å². The molecule has 4 atom stereocenters. The van der Waals surface area contributed by atoms with Gasteiger partial charge in [-0.05, 0) is 76.5 Å². The zero-order chi connectivity index (χ0) is 26.2. The van der Waals surface area contributed by atoms with E-state index in [9.17, 15) is 9.18 Å². The minimum atomic E-state index is -1.09. The van der Waals surface area contributed by atoms with Gasteiger partial charge in [-0.1, -0.05) is 12.1 Å². The number of piperidine rings is 1. The van der Waals surface area contributed by atoms with Gasteiger partial charge in [0.1, 0.15) is 11.6 Å². The first kappa shape index (κ1) is 26.1. The van der Waals surface area contributed by atoms with E-state index >= 15 is 0 Å². The lowest BCUT2D eigenvalue weighted by atomic mass is 9.89. The molecule has 9 heteroatoms. The summed E-state index contributed by atoms with van der Waals surface area (Å²) in [6, 6.07) is 7.18. The Morgan fingerprint density at radius 3 is 2.92 bits per heavy atom. The zero-order valence-electron chi connectivity index (χ0n) is 22.3. The maximum atomic E-state index is 14.1. The van der Waals surface area contributed by atoms with Crippen LogP contribution < -0.4 is 16.4 Å². The molecule has 1 aromatic heterocycles. The van der Waals surface area contributed by atoms with Crippen molar-refractivity contribution < 1.29 is 13.9 Å². The monoisotopic (exact) mass is 512 g/mol. The molecule has 8 nitrogen and oxygen atoms in total. The van der Waals surface area contributed by atoms with Crippen LogP contribution in [-0.4, -0.2) is 51.4 Å². The highest BCUT2D eigenvalue weighted by Crippen LogP contribution is 2.41. The van der Waals surface area contributed by atoms with Gasteiger partial charge in [-0.3, -0.25) is 10.6 Å². The van der Waals surface area contributed by atoms with Crippen LogP contribution in [0.5, 0.6) is 0 Å². The van der Waals surface area contributed by atoms with Gasteiger partial charge in [0.25, 0.3) is 0 Å². The number of hydrogen-bond acceptors (Lipinski definition) is 6. The molecule has 202 valence electrons. The predicted octanol–water partition coefficient (Wildman–Crippen LogP) is 3.77. The van der Waals surface area contributed by atoms with Crippen LogP contribution in [0.3, 0.4) is 0 Å². The number of amides is 1. The van der Waals surface area contributed by atoms with E-state index in [4.69, 9.17) is 15.5 Å². The number of ether oxygens (including phenoxy) is 1. The van der Waals surface area contributed by atoms with Crippen LogP contribution in [0.4, 0.5) is 9.18 Å². The van der Waals surface area contributed by atoms with Crippen molar-refractivity contribution in [3.8, 4) is 0 Å². The molecule has 0 aliphatic carbocycles. The Labute approximate surface area is 219 Å². The number of carbonyl (C=O) groups excluding carboxylic acids is 1. The van der Waals surface area contributed by atoms with Crippen molar-refractivity contribution in [2.75, 3.05) is 13.1 Å². The van der Waals surface area contributed by atoms with Crippen molar-refractivity contribution in [2.24, 2.45) is 11.7 Å². The quantitative estimate of drug-likeness (QED) is 0.466. The Hall–Kier alpha value is -2.49. The van der Waals surface area contributed by atoms with Crippen molar-refractivity contribution in [2.45, 2.75) is 96.2 Å². The van der Waals surface area contributed by atoms with Crippen LogP contribution >= 0.6 is 0 Å². The van der Waals surface area contributed by atoms with Gasteiger partial charge in [-0.25, -0.2) is 14.2 Å². The molecule has 1 amide bonds. The van der Waals surface area contributed by atoms with E-state index in [1.54, 1.807) is 19.9 Å². The third-order valence-electron chi connectivity index (χ3n) is 8.27. The summed E-state index contributed by atoms with van der Waals surface area (Å²) >= 11 is 0. The fourth-order valence-corrected chi connectivity index (χ4v) is 6.66. The van der Waals surface area contributed by atoms with Crippen LogP contribution in [0.15, 0.2) is 24.3 Å². The number of nitrogens with two attached hydrogens (primary N) is 1. The number of halogens is 1.